The summed E-state index contributed by atoms with van der Waals surface area (Å²) in [6.07, 6.45) is 2.71. The van der Waals surface area contributed by atoms with Gasteiger partial charge in [-0.15, -0.1) is 10.2 Å². The van der Waals surface area contributed by atoms with Crippen LogP contribution in [0.3, 0.4) is 0 Å². The number of carbonyl (C=O) groups is 2. The number of carboxylic acids is 1. The number of rotatable bonds is 8. The molecule has 1 aromatic heterocycles. The van der Waals surface area contributed by atoms with Gasteiger partial charge in [0.2, 0.25) is 0 Å². The Morgan fingerprint density at radius 3 is 2.43 bits per heavy atom. The van der Waals surface area contributed by atoms with Crippen molar-refractivity contribution in [2.45, 2.75) is 46.0 Å². The molecule has 2 amide bonds. The van der Waals surface area contributed by atoms with Gasteiger partial charge in [0.1, 0.15) is 0 Å². The van der Waals surface area contributed by atoms with Crippen LogP contribution < -0.4 is 10.6 Å². The zero-order chi connectivity index (χ0) is 15.7. The summed E-state index contributed by atoms with van der Waals surface area (Å²) in [5.41, 5.74) is 1.65. The van der Waals surface area contributed by atoms with Gasteiger partial charge >= 0.3 is 12.0 Å². The van der Waals surface area contributed by atoms with Gasteiger partial charge in [0.25, 0.3) is 5.95 Å². The molecule has 1 rings (SSSR count). The van der Waals surface area contributed by atoms with Crippen LogP contribution in [0.2, 0.25) is 0 Å². The number of nitrogens with one attached hydrogen (secondary N) is 2. The monoisotopic (exact) mass is 295 g/mol. The highest BCUT2D eigenvalue weighted by atomic mass is 16.4. The first-order chi connectivity index (χ1) is 10.1. The Balaban J connectivity index is 2.39. The number of unbranched alkanes of at least 4 members (excludes halogenated alkanes) is 1. The van der Waals surface area contributed by atoms with Crippen LogP contribution in [0.1, 0.15) is 44.5 Å². The first-order valence-corrected chi connectivity index (χ1v) is 7.05. The van der Waals surface area contributed by atoms with E-state index in [1.54, 1.807) is 0 Å². The van der Waals surface area contributed by atoms with E-state index in [-0.39, 0.29) is 12.4 Å². The zero-order valence-electron chi connectivity index (χ0n) is 12.3. The average Bonchev–Trinajstić information content (AvgIpc) is 2.46. The van der Waals surface area contributed by atoms with Crippen molar-refractivity contribution in [1.29, 1.82) is 0 Å². The number of hydrogen-bond acceptors (Lipinski definition) is 5. The maximum absolute atomic E-state index is 11.6. The summed E-state index contributed by atoms with van der Waals surface area (Å²) in [4.78, 5) is 26.2. The molecule has 0 atom stereocenters. The molecule has 0 aliphatic rings. The van der Waals surface area contributed by atoms with Crippen molar-refractivity contribution in [3.8, 4) is 0 Å². The second kappa shape index (κ2) is 8.83. The molecule has 0 bridgehead atoms. The standard InChI is InChI=1S/C13H21N5O3/c1-3-9-10(4-2)17-18-12(15-9)16-13(21)14-8-6-5-7-11(19)20/h3-8H2,1-2H3,(H,19,20)(H2,14,15,16,18,21). The van der Waals surface area contributed by atoms with E-state index in [1.807, 2.05) is 13.8 Å². The summed E-state index contributed by atoms with van der Waals surface area (Å²) in [6.45, 7) is 4.34. The Labute approximate surface area is 123 Å². The SMILES string of the molecule is CCc1nnc(NC(=O)NCCCCC(=O)O)nc1CC. The van der Waals surface area contributed by atoms with Crippen molar-refractivity contribution in [3.63, 3.8) is 0 Å². The lowest BCUT2D eigenvalue weighted by molar-refractivity contribution is -0.137. The molecule has 8 nitrogen and oxygen atoms in total. The number of aromatic nitrogens is 3. The molecule has 0 radical (unpaired) electrons. The summed E-state index contributed by atoms with van der Waals surface area (Å²) >= 11 is 0. The molecule has 21 heavy (non-hydrogen) atoms. The molecule has 116 valence electrons. The predicted octanol–water partition coefficient (Wildman–Crippen LogP) is 1.37. The Bertz CT molecular complexity index is 493. The summed E-state index contributed by atoms with van der Waals surface area (Å²) in [6, 6.07) is -0.418. The summed E-state index contributed by atoms with van der Waals surface area (Å²) in [5.74, 6) is -0.658. The normalized spacial score (nSPS) is 10.2. The summed E-state index contributed by atoms with van der Waals surface area (Å²) in [7, 11) is 0. The Hall–Kier alpha value is -2.25. The average molecular weight is 295 g/mol. The summed E-state index contributed by atoms with van der Waals surface area (Å²) < 4.78 is 0. The number of carboxylic acid groups (broad SMARTS) is 1. The second-order valence-corrected chi connectivity index (χ2v) is 4.47. The minimum Gasteiger partial charge on any atom is -0.481 e. The van der Waals surface area contributed by atoms with Gasteiger partial charge in [-0.2, -0.15) is 0 Å². The number of hydrogen-bond donors (Lipinski definition) is 3. The lowest BCUT2D eigenvalue weighted by Crippen LogP contribution is -2.30. The van der Waals surface area contributed by atoms with Gasteiger partial charge < -0.3 is 10.4 Å². The largest absolute Gasteiger partial charge is 0.481 e. The van der Waals surface area contributed by atoms with Gasteiger partial charge in [-0.05, 0) is 25.7 Å². The van der Waals surface area contributed by atoms with E-state index in [1.165, 1.54) is 0 Å². The van der Waals surface area contributed by atoms with E-state index in [2.05, 4.69) is 25.8 Å². The van der Waals surface area contributed by atoms with Crippen LogP contribution in [0, 0.1) is 0 Å². The van der Waals surface area contributed by atoms with Gasteiger partial charge in [-0.3, -0.25) is 10.1 Å². The van der Waals surface area contributed by atoms with Crippen LogP contribution in [0.25, 0.3) is 0 Å². The van der Waals surface area contributed by atoms with E-state index in [0.29, 0.717) is 19.4 Å². The fourth-order valence-corrected chi connectivity index (χ4v) is 1.74. The van der Waals surface area contributed by atoms with E-state index in [9.17, 15) is 9.59 Å². The molecular formula is C13H21N5O3. The molecule has 3 N–H and O–H groups in total. The number of anilines is 1. The van der Waals surface area contributed by atoms with Gasteiger partial charge in [0.05, 0.1) is 11.4 Å². The smallest absolute Gasteiger partial charge is 0.321 e. The van der Waals surface area contributed by atoms with Crippen LogP contribution >= 0.6 is 0 Å². The fraction of sp³-hybridized carbons (Fsp3) is 0.615. The zero-order valence-corrected chi connectivity index (χ0v) is 12.3. The van der Waals surface area contributed by atoms with Crippen LogP contribution in [-0.4, -0.2) is 38.8 Å². The van der Waals surface area contributed by atoms with Crippen molar-refractivity contribution >= 4 is 17.9 Å². The number of amides is 2. The first-order valence-electron chi connectivity index (χ1n) is 7.05. The Morgan fingerprint density at radius 1 is 1.10 bits per heavy atom. The topological polar surface area (TPSA) is 117 Å². The van der Waals surface area contributed by atoms with Gasteiger partial charge in [0.15, 0.2) is 0 Å². The van der Waals surface area contributed by atoms with E-state index < -0.39 is 12.0 Å². The molecule has 0 saturated heterocycles. The quantitative estimate of drug-likeness (QED) is 0.624. The van der Waals surface area contributed by atoms with Crippen LogP contribution in [0.15, 0.2) is 0 Å². The fourth-order valence-electron chi connectivity index (χ4n) is 1.74. The van der Waals surface area contributed by atoms with E-state index >= 15 is 0 Å². The first kappa shape index (κ1) is 16.8. The third kappa shape index (κ3) is 6.15. The van der Waals surface area contributed by atoms with Crippen molar-refractivity contribution in [2.24, 2.45) is 0 Å². The molecule has 0 saturated carbocycles. The molecule has 8 heteroatoms. The molecule has 1 heterocycles. The second-order valence-electron chi connectivity index (χ2n) is 4.47. The van der Waals surface area contributed by atoms with Crippen molar-refractivity contribution in [1.82, 2.24) is 20.5 Å². The highest BCUT2D eigenvalue weighted by molar-refractivity contribution is 5.87. The van der Waals surface area contributed by atoms with Gasteiger partial charge in [-0.25, -0.2) is 9.78 Å². The van der Waals surface area contributed by atoms with Crippen LogP contribution in [0.4, 0.5) is 10.7 Å². The number of aryl methyl sites for hydroxylation is 2. The van der Waals surface area contributed by atoms with Gasteiger partial charge in [0, 0.05) is 13.0 Å². The molecule has 0 unspecified atom stereocenters. The summed E-state index contributed by atoms with van der Waals surface area (Å²) in [5, 5.41) is 21.5. The third-order valence-corrected chi connectivity index (χ3v) is 2.84. The van der Waals surface area contributed by atoms with Gasteiger partial charge in [-0.1, -0.05) is 13.8 Å². The number of nitrogens with zero attached hydrogens (tertiary/aromatic N) is 3. The number of carbonyl (C=O) groups excluding carboxylic acids is 1. The molecule has 0 aliphatic heterocycles. The third-order valence-electron chi connectivity index (χ3n) is 2.84. The van der Waals surface area contributed by atoms with Crippen molar-refractivity contribution in [2.75, 3.05) is 11.9 Å². The minimum absolute atomic E-state index is 0.106. The maximum Gasteiger partial charge on any atom is 0.321 e. The van der Waals surface area contributed by atoms with E-state index in [0.717, 1.165) is 24.2 Å². The highest BCUT2D eigenvalue weighted by Crippen LogP contribution is 2.06. The van der Waals surface area contributed by atoms with Crippen molar-refractivity contribution < 1.29 is 14.7 Å². The molecular weight excluding hydrogens is 274 g/mol. The number of urea groups is 1. The Morgan fingerprint density at radius 2 is 1.81 bits per heavy atom. The lowest BCUT2D eigenvalue weighted by Gasteiger charge is -2.08. The maximum atomic E-state index is 11.6. The Kier molecular flexibility index (Phi) is 7.06. The van der Waals surface area contributed by atoms with Crippen LogP contribution in [0.5, 0.6) is 0 Å². The molecule has 0 spiro atoms. The van der Waals surface area contributed by atoms with Crippen molar-refractivity contribution in [3.05, 3.63) is 11.4 Å². The molecule has 0 fully saturated rings. The lowest BCUT2D eigenvalue weighted by atomic mass is 10.2. The molecule has 1 aromatic rings. The highest BCUT2D eigenvalue weighted by Gasteiger charge is 2.08. The molecule has 0 aromatic carbocycles. The molecule has 0 aliphatic carbocycles. The predicted molar refractivity (Wildman–Crippen MR) is 77.1 cm³/mol. The van der Waals surface area contributed by atoms with E-state index in [4.69, 9.17) is 5.11 Å². The van der Waals surface area contributed by atoms with Crippen LogP contribution in [-0.2, 0) is 17.6 Å². The number of aliphatic carboxylic acids is 1. The minimum atomic E-state index is -0.831.